The maximum Gasteiger partial charge on any atom is 0.275 e. The monoisotopic (exact) mass is 258 g/mol. The zero-order chi connectivity index (χ0) is 13.7. The number of hydrogen-bond acceptors (Lipinski definition) is 2. The minimum Gasteiger partial charge on any atom is -0.267 e. The first-order valence-electron chi connectivity index (χ1n) is 6.38. The zero-order valence-corrected chi connectivity index (χ0v) is 10.6. The summed E-state index contributed by atoms with van der Waals surface area (Å²) in [5, 5.41) is 6.08. The van der Waals surface area contributed by atoms with Gasteiger partial charge in [0.2, 0.25) is 0 Å². The van der Waals surface area contributed by atoms with Gasteiger partial charge in [0, 0.05) is 10.9 Å². The van der Waals surface area contributed by atoms with Gasteiger partial charge in [0.15, 0.2) is 0 Å². The van der Waals surface area contributed by atoms with Crippen LogP contribution in [0.2, 0.25) is 0 Å². The molecule has 0 amide bonds. The molecule has 3 aromatic rings. The van der Waals surface area contributed by atoms with Crippen LogP contribution in [0.3, 0.4) is 0 Å². The van der Waals surface area contributed by atoms with Gasteiger partial charge in [-0.15, -0.1) is 6.42 Å². The van der Waals surface area contributed by atoms with Crippen molar-refractivity contribution >= 4 is 10.8 Å². The van der Waals surface area contributed by atoms with Crippen molar-refractivity contribution in [3.05, 3.63) is 52.8 Å². The maximum atomic E-state index is 12.4. The van der Waals surface area contributed by atoms with Gasteiger partial charge in [-0.2, -0.15) is 5.10 Å². The Morgan fingerprint density at radius 1 is 1.05 bits per heavy atom. The van der Waals surface area contributed by atoms with E-state index in [2.05, 4.69) is 17.1 Å². The van der Waals surface area contributed by atoms with Crippen LogP contribution in [0.5, 0.6) is 0 Å². The molecule has 0 bridgehead atoms. The SMILES string of the molecule is C#CCn1nc2c3c(cccc3c1=O)-c1ccccc1-2. The van der Waals surface area contributed by atoms with Crippen molar-refractivity contribution in [2.45, 2.75) is 6.54 Å². The largest absolute Gasteiger partial charge is 0.275 e. The third-order valence-electron chi connectivity index (χ3n) is 3.70. The highest BCUT2D eigenvalue weighted by atomic mass is 16.1. The van der Waals surface area contributed by atoms with E-state index in [-0.39, 0.29) is 12.1 Å². The van der Waals surface area contributed by atoms with E-state index in [0.717, 1.165) is 27.8 Å². The molecule has 0 spiro atoms. The fourth-order valence-corrected chi connectivity index (χ4v) is 2.87. The van der Waals surface area contributed by atoms with Crippen molar-refractivity contribution < 1.29 is 0 Å². The smallest absolute Gasteiger partial charge is 0.267 e. The van der Waals surface area contributed by atoms with E-state index >= 15 is 0 Å². The molecule has 0 aliphatic heterocycles. The standard InChI is InChI=1S/C17H10N2O/c1-2-10-19-17(20)14-9-5-8-12-11-6-3-4-7-13(11)16(18-19)15(12)14/h1,3-9H,10H2. The van der Waals surface area contributed by atoms with Crippen LogP contribution in [0, 0.1) is 12.3 Å². The molecule has 1 heterocycles. The molecule has 0 radical (unpaired) electrons. The molecule has 94 valence electrons. The van der Waals surface area contributed by atoms with Crippen molar-refractivity contribution in [1.82, 2.24) is 9.78 Å². The lowest BCUT2D eigenvalue weighted by atomic mass is 10.0. The van der Waals surface area contributed by atoms with Crippen molar-refractivity contribution in [2.24, 2.45) is 0 Å². The summed E-state index contributed by atoms with van der Waals surface area (Å²) in [6.07, 6.45) is 5.32. The molecule has 2 aromatic carbocycles. The summed E-state index contributed by atoms with van der Waals surface area (Å²) in [7, 11) is 0. The Balaban J connectivity index is 2.23. The molecule has 4 rings (SSSR count). The Hall–Kier alpha value is -2.86. The molecule has 20 heavy (non-hydrogen) atoms. The Labute approximate surface area is 115 Å². The number of rotatable bonds is 1. The second-order valence-electron chi connectivity index (χ2n) is 4.79. The number of benzene rings is 2. The summed E-state index contributed by atoms with van der Waals surface area (Å²) in [6, 6.07) is 13.8. The molecule has 0 fully saturated rings. The minimum absolute atomic E-state index is 0.128. The second kappa shape index (κ2) is 3.82. The lowest BCUT2D eigenvalue weighted by Gasteiger charge is -2.05. The Kier molecular flexibility index (Phi) is 2.10. The van der Waals surface area contributed by atoms with Gasteiger partial charge in [0.1, 0.15) is 12.2 Å². The predicted molar refractivity (Wildman–Crippen MR) is 79.3 cm³/mol. The van der Waals surface area contributed by atoms with Crippen molar-refractivity contribution in [3.8, 4) is 34.7 Å². The van der Waals surface area contributed by atoms with Crippen LogP contribution < -0.4 is 5.56 Å². The summed E-state index contributed by atoms with van der Waals surface area (Å²) in [5.74, 6) is 2.48. The van der Waals surface area contributed by atoms with Crippen LogP contribution in [0.25, 0.3) is 33.2 Å². The van der Waals surface area contributed by atoms with E-state index in [9.17, 15) is 4.79 Å². The zero-order valence-electron chi connectivity index (χ0n) is 10.6. The Morgan fingerprint density at radius 3 is 2.60 bits per heavy atom. The molecule has 3 heteroatoms. The van der Waals surface area contributed by atoms with Gasteiger partial charge in [-0.3, -0.25) is 4.79 Å². The van der Waals surface area contributed by atoms with Gasteiger partial charge in [0.25, 0.3) is 5.56 Å². The number of terminal acetylenes is 1. The fraction of sp³-hybridized carbons (Fsp3) is 0.0588. The average molecular weight is 258 g/mol. The molecule has 1 aliphatic rings. The molecule has 0 saturated carbocycles. The second-order valence-corrected chi connectivity index (χ2v) is 4.79. The van der Waals surface area contributed by atoms with E-state index in [1.54, 1.807) is 0 Å². The topological polar surface area (TPSA) is 34.9 Å². The lowest BCUT2D eigenvalue weighted by Crippen LogP contribution is -2.23. The van der Waals surface area contributed by atoms with Gasteiger partial charge in [-0.1, -0.05) is 42.3 Å². The summed E-state index contributed by atoms with van der Waals surface area (Å²) < 4.78 is 1.36. The average Bonchev–Trinajstić information content (AvgIpc) is 2.80. The van der Waals surface area contributed by atoms with Crippen LogP contribution in [0.15, 0.2) is 47.3 Å². The van der Waals surface area contributed by atoms with Crippen molar-refractivity contribution in [2.75, 3.05) is 0 Å². The highest BCUT2D eigenvalue weighted by molar-refractivity contribution is 6.13. The van der Waals surface area contributed by atoms with E-state index < -0.39 is 0 Å². The van der Waals surface area contributed by atoms with Crippen LogP contribution in [-0.4, -0.2) is 9.78 Å². The number of fused-ring (bicyclic) bond motifs is 3. The third kappa shape index (κ3) is 1.25. The molecule has 0 saturated heterocycles. The molecule has 3 nitrogen and oxygen atoms in total. The lowest BCUT2D eigenvalue weighted by molar-refractivity contribution is 0.677. The molecule has 1 aliphatic carbocycles. The normalized spacial score (nSPS) is 11.3. The molecule has 1 aromatic heterocycles. The molecule has 0 atom stereocenters. The summed E-state index contributed by atoms with van der Waals surface area (Å²) in [5.41, 5.74) is 3.98. The fourth-order valence-electron chi connectivity index (χ4n) is 2.87. The van der Waals surface area contributed by atoms with Crippen LogP contribution >= 0.6 is 0 Å². The van der Waals surface area contributed by atoms with Crippen LogP contribution in [0.1, 0.15) is 0 Å². The van der Waals surface area contributed by atoms with Gasteiger partial charge < -0.3 is 0 Å². The quantitative estimate of drug-likeness (QED) is 0.492. The van der Waals surface area contributed by atoms with E-state index in [4.69, 9.17) is 6.42 Å². The minimum atomic E-state index is -0.128. The summed E-state index contributed by atoms with van der Waals surface area (Å²) >= 11 is 0. The number of aromatic nitrogens is 2. The Bertz CT molecular complexity index is 961. The van der Waals surface area contributed by atoms with Gasteiger partial charge in [-0.25, -0.2) is 4.68 Å². The van der Waals surface area contributed by atoms with Gasteiger partial charge >= 0.3 is 0 Å². The third-order valence-corrected chi connectivity index (χ3v) is 3.70. The van der Waals surface area contributed by atoms with E-state index in [1.165, 1.54) is 4.68 Å². The first-order chi connectivity index (χ1) is 9.81. The van der Waals surface area contributed by atoms with E-state index in [0.29, 0.717) is 5.39 Å². The summed E-state index contributed by atoms with van der Waals surface area (Å²) in [6.45, 7) is 0.189. The highest BCUT2D eigenvalue weighted by Gasteiger charge is 2.24. The van der Waals surface area contributed by atoms with E-state index in [1.807, 2.05) is 36.4 Å². The summed E-state index contributed by atoms with van der Waals surface area (Å²) in [4.78, 5) is 12.4. The van der Waals surface area contributed by atoms with Crippen molar-refractivity contribution in [1.29, 1.82) is 0 Å². The van der Waals surface area contributed by atoms with Gasteiger partial charge in [0.05, 0.1) is 5.39 Å². The van der Waals surface area contributed by atoms with Crippen LogP contribution in [-0.2, 0) is 6.54 Å². The Morgan fingerprint density at radius 2 is 1.80 bits per heavy atom. The van der Waals surface area contributed by atoms with Crippen molar-refractivity contribution in [3.63, 3.8) is 0 Å². The molecule has 0 unspecified atom stereocenters. The molecular formula is C17H10N2O. The highest BCUT2D eigenvalue weighted by Crippen LogP contribution is 2.44. The number of nitrogens with zero attached hydrogens (tertiary/aromatic N) is 2. The van der Waals surface area contributed by atoms with Gasteiger partial charge in [-0.05, 0) is 17.2 Å². The first kappa shape index (κ1) is 11.0. The first-order valence-corrected chi connectivity index (χ1v) is 6.38. The maximum absolute atomic E-state index is 12.4. The number of hydrogen-bond donors (Lipinski definition) is 0. The molecule has 0 N–H and O–H groups in total. The predicted octanol–water partition coefficient (Wildman–Crippen LogP) is 2.68. The molecular weight excluding hydrogens is 248 g/mol. The van der Waals surface area contributed by atoms with Crippen LogP contribution in [0.4, 0.5) is 0 Å².